The van der Waals surface area contributed by atoms with Gasteiger partial charge in [-0.15, -0.1) is 0 Å². The first-order valence-corrected chi connectivity index (χ1v) is 6.90. The van der Waals surface area contributed by atoms with Crippen LogP contribution in [0.3, 0.4) is 0 Å². The van der Waals surface area contributed by atoms with Crippen molar-refractivity contribution in [2.45, 2.75) is 25.7 Å². The Morgan fingerprint density at radius 1 is 1.26 bits per heavy atom. The lowest BCUT2D eigenvalue weighted by Gasteiger charge is -2.29. The van der Waals surface area contributed by atoms with E-state index in [-0.39, 0.29) is 5.78 Å². The summed E-state index contributed by atoms with van der Waals surface area (Å²) < 4.78 is 0. The zero-order valence-corrected chi connectivity index (χ0v) is 11.6. The fourth-order valence-corrected chi connectivity index (χ4v) is 2.83. The molecule has 0 saturated heterocycles. The summed E-state index contributed by atoms with van der Waals surface area (Å²) in [6.07, 6.45) is 1.60. The predicted molar refractivity (Wildman–Crippen MR) is 78.0 cm³/mol. The summed E-state index contributed by atoms with van der Waals surface area (Å²) in [4.78, 5) is 12.3. The van der Waals surface area contributed by atoms with Crippen LogP contribution in [0.25, 0.3) is 0 Å². The van der Waals surface area contributed by atoms with Gasteiger partial charge in [0, 0.05) is 17.0 Å². The van der Waals surface area contributed by atoms with E-state index in [9.17, 15) is 4.79 Å². The van der Waals surface area contributed by atoms with Crippen LogP contribution in [0.15, 0.2) is 42.5 Å². The van der Waals surface area contributed by atoms with Crippen LogP contribution in [0, 0.1) is 6.92 Å². The number of carbonyl (C=O) groups is 1. The van der Waals surface area contributed by atoms with Crippen molar-refractivity contribution in [1.82, 2.24) is 0 Å². The Morgan fingerprint density at radius 2 is 2.05 bits per heavy atom. The van der Waals surface area contributed by atoms with Crippen LogP contribution in [-0.4, -0.2) is 5.78 Å². The summed E-state index contributed by atoms with van der Waals surface area (Å²) in [5.41, 5.74) is 4.43. The molecule has 96 valence electrons. The molecule has 1 atom stereocenters. The maximum Gasteiger partial charge on any atom is 0.163 e. The largest absolute Gasteiger partial charge is 0.294 e. The van der Waals surface area contributed by atoms with E-state index in [1.165, 1.54) is 11.1 Å². The van der Waals surface area contributed by atoms with E-state index in [0.717, 1.165) is 17.5 Å². The first-order chi connectivity index (χ1) is 9.15. The molecule has 2 aromatic carbocycles. The van der Waals surface area contributed by atoms with Gasteiger partial charge in [-0.25, -0.2) is 0 Å². The number of aryl methyl sites for hydroxylation is 1. The van der Waals surface area contributed by atoms with Crippen molar-refractivity contribution in [3.63, 3.8) is 0 Å². The Morgan fingerprint density at radius 3 is 2.79 bits per heavy atom. The molecule has 1 aliphatic rings. The SMILES string of the molecule is Cc1ccc(C(=O)CC2Cc3ccccc32)cc1Cl. The van der Waals surface area contributed by atoms with E-state index < -0.39 is 0 Å². The Balaban J connectivity index is 1.75. The van der Waals surface area contributed by atoms with E-state index in [1.807, 2.05) is 25.1 Å². The van der Waals surface area contributed by atoms with Gasteiger partial charge in [0.1, 0.15) is 0 Å². The second-order valence-electron chi connectivity index (χ2n) is 5.19. The molecule has 1 unspecified atom stereocenters. The molecule has 19 heavy (non-hydrogen) atoms. The molecule has 0 spiro atoms. The molecular weight excluding hydrogens is 256 g/mol. The molecule has 0 aromatic heterocycles. The van der Waals surface area contributed by atoms with Gasteiger partial charge in [0.25, 0.3) is 0 Å². The lowest BCUT2D eigenvalue weighted by Crippen LogP contribution is -2.20. The fourth-order valence-electron chi connectivity index (χ4n) is 2.65. The topological polar surface area (TPSA) is 17.1 Å². The third kappa shape index (κ3) is 2.31. The smallest absolute Gasteiger partial charge is 0.163 e. The minimum absolute atomic E-state index is 0.182. The van der Waals surface area contributed by atoms with E-state index in [4.69, 9.17) is 11.6 Å². The standard InChI is InChI=1S/C17H15ClO/c1-11-6-7-13(9-16(11)18)17(19)10-14-8-12-4-2-3-5-15(12)14/h2-7,9,14H,8,10H2,1H3. The van der Waals surface area contributed by atoms with Gasteiger partial charge < -0.3 is 0 Å². The normalized spacial score (nSPS) is 16.6. The Kier molecular flexibility index (Phi) is 3.16. The van der Waals surface area contributed by atoms with Crippen LogP contribution in [0.1, 0.15) is 39.4 Å². The van der Waals surface area contributed by atoms with Gasteiger partial charge in [0.15, 0.2) is 5.78 Å². The highest BCUT2D eigenvalue weighted by Gasteiger charge is 2.27. The van der Waals surface area contributed by atoms with Crippen molar-refractivity contribution in [1.29, 1.82) is 0 Å². The van der Waals surface area contributed by atoms with Gasteiger partial charge in [-0.3, -0.25) is 4.79 Å². The van der Waals surface area contributed by atoms with Gasteiger partial charge in [-0.1, -0.05) is 48.0 Å². The average molecular weight is 271 g/mol. The number of Topliss-reactive ketones (excluding diaryl/α,β-unsaturated/α-hetero) is 1. The molecule has 0 amide bonds. The number of carbonyl (C=O) groups excluding carboxylic acids is 1. The van der Waals surface area contributed by atoms with Crippen LogP contribution < -0.4 is 0 Å². The highest BCUT2D eigenvalue weighted by molar-refractivity contribution is 6.31. The van der Waals surface area contributed by atoms with Crippen molar-refractivity contribution in [2.75, 3.05) is 0 Å². The number of hydrogen-bond donors (Lipinski definition) is 0. The van der Waals surface area contributed by atoms with Crippen molar-refractivity contribution in [3.05, 3.63) is 69.7 Å². The maximum atomic E-state index is 12.3. The summed E-state index contributed by atoms with van der Waals surface area (Å²) in [7, 11) is 0. The first-order valence-electron chi connectivity index (χ1n) is 6.52. The average Bonchev–Trinajstić information content (AvgIpc) is 2.39. The third-order valence-electron chi connectivity index (χ3n) is 3.89. The summed E-state index contributed by atoms with van der Waals surface area (Å²) in [6.45, 7) is 1.94. The first kappa shape index (κ1) is 12.4. The lowest BCUT2D eigenvalue weighted by molar-refractivity contribution is 0.0970. The van der Waals surface area contributed by atoms with E-state index in [0.29, 0.717) is 17.4 Å². The number of fused-ring (bicyclic) bond motifs is 1. The van der Waals surface area contributed by atoms with Crippen molar-refractivity contribution < 1.29 is 4.79 Å². The molecule has 0 aliphatic heterocycles. The molecule has 2 heteroatoms. The highest BCUT2D eigenvalue weighted by Crippen LogP contribution is 2.38. The van der Waals surface area contributed by atoms with Gasteiger partial charge in [0.05, 0.1) is 0 Å². The Bertz CT molecular complexity index is 645. The van der Waals surface area contributed by atoms with Crippen LogP contribution in [-0.2, 0) is 6.42 Å². The number of halogens is 1. The van der Waals surface area contributed by atoms with Crippen molar-refractivity contribution in [3.8, 4) is 0 Å². The summed E-state index contributed by atoms with van der Waals surface area (Å²) in [5.74, 6) is 0.560. The van der Waals surface area contributed by atoms with Crippen molar-refractivity contribution >= 4 is 17.4 Å². The van der Waals surface area contributed by atoms with E-state index in [1.54, 1.807) is 6.07 Å². The lowest BCUT2D eigenvalue weighted by atomic mass is 9.74. The predicted octanol–water partition coefficient (Wildman–Crippen LogP) is 4.56. The fraction of sp³-hybridized carbons (Fsp3) is 0.235. The van der Waals surface area contributed by atoms with Gasteiger partial charge in [-0.05, 0) is 42.0 Å². The molecule has 2 aromatic rings. The van der Waals surface area contributed by atoms with Crippen LogP contribution >= 0.6 is 11.6 Å². The van der Waals surface area contributed by atoms with E-state index >= 15 is 0 Å². The van der Waals surface area contributed by atoms with Gasteiger partial charge >= 0.3 is 0 Å². The highest BCUT2D eigenvalue weighted by atomic mass is 35.5. The molecule has 0 N–H and O–H groups in total. The molecule has 0 heterocycles. The summed E-state index contributed by atoms with van der Waals surface area (Å²) in [6, 6.07) is 13.9. The second-order valence-corrected chi connectivity index (χ2v) is 5.60. The maximum absolute atomic E-state index is 12.3. The number of ketones is 1. The quantitative estimate of drug-likeness (QED) is 0.747. The van der Waals surface area contributed by atoms with Crippen LogP contribution in [0.2, 0.25) is 5.02 Å². The zero-order valence-electron chi connectivity index (χ0n) is 10.8. The molecule has 0 fully saturated rings. The minimum Gasteiger partial charge on any atom is -0.294 e. The number of hydrogen-bond acceptors (Lipinski definition) is 1. The molecule has 0 radical (unpaired) electrons. The van der Waals surface area contributed by atoms with Gasteiger partial charge in [0.2, 0.25) is 0 Å². The van der Waals surface area contributed by atoms with Gasteiger partial charge in [-0.2, -0.15) is 0 Å². The third-order valence-corrected chi connectivity index (χ3v) is 4.29. The Labute approximate surface area is 118 Å². The summed E-state index contributed by atoms with van der Waals surface area (Å²) in [5, 5.41) is 0.667. The van der Waals surface area contributed by atoms with Crippen molar-refractivity contribution in [2.24, 2.45) is 0 Å². The molecule has 0 bridgehead atoms. The molecular formula is C17H15ClO. The van der Waals surface area contributed by atoms with Crippen LogP contribution in [0.4, 0.5) is 0 Å². The number of benzene rings is 2. The molecule has 3 rings (SSSR count). The minimum atomic E-state index is 0.182. The molecule has 0 saturated carbocycles. The van der Waals surface area contributed by atoms with E-state index in [2.05, 4.69) is 18.2 Å². The second kappa shape index (κ2) is 4.82. The molecule has 1 aliphatic carbocycles. The number of rotatable bonds is 3. The Hall–Kier alpha value is -1.60. The zero-order chi connectivity index (χ0) is 13.4. The van der Waals surface area contributed by atoms with Crippen LogP contribution in [0.5, 0.6) is 0 Å². The summed E-state index contributed by atoms with van der Waals surface area (Å²) >= 11 is 6.07. The molecule has 1 nitrogen and oxygen atoms in total. The monoisotopic (exact) mass is 270 g/mol.